The maximum Gasteiger partial charge on any atom is 0.405 e. The molecule has 0 spiro atoms. The van der Waals surface area contributed by atoms with Gasteiger partial charge in [-0.05, 0) is 44.7 Å². The number of aliphatic hydroxyl groups is 1. The fourth-order valence-corrected chi connectivity index (χ4v) is 4.50. The quantitative estimate of drug-likeness (QED) is 0.607. The van der Waals surface area contributed by atoms with E-state index in [0.717, 1.165) is 6.07 Å². The predicted octanol–water partition coefficient (Wildman–Crippen LogP) is 2.45. The molecule has 9 heteroatoms. The Balaban J connectivity index is 1.62. The summed E-state index contributed by atoms with van der Waals surface area (Å²) in [6.45, 7) is 1.29. The topological polar surface area (TPSA) is 108 Å². The van der Waals surface area contributed by atoms with E-state index < -0.39 is 28.6 Å². The van der Waals surface area contributed by atoms with Crippen molar-refractivity contribution in [1.29, 1.82) is 0 Å². The van der Waals surface area contributed by atoms with Crippen LogP contribution in [0, 0.1) is 5.82 Å². The van der Waals surface area contributed by atoms with Gasteiger partial charge in [-0.25, -0.2) is 9.18 Å². The molecule has 0 aliphatic heterocycles. The molecule has 2 amide bonds. The molecule has 1 atom stereocenters. The van der Waals surface area contributed by atoms with E-state index in [9.17, 15) is 19.1 Å². The number of ether oxygens (including phenoxy) is 1. The van der Waals surface area contributed by atoms with Gasteiger partial charge < -0.3 is 25.6 Å². The average Bonchev–Trinajstić information content (AvgIpc) is 2.56. The van der Waals surface area contributed by atoms with E-state index in [2.05, 4.69) is 10.6 Å². The molecule has 3 aliphatic carbocycles. The summed E-state index contributed by atoms with van der Waals surface area (Å²) >= 11 is 5.61. The van der Waals surface area contributed by atoms with E-state index in [4.69, 9.17) is 21.4 Å². The summed E-state index contributed by atoms with van der Waals surface area (Å²) in [5, 5.41) is 25.3. The Morgan fingerprint density at radius 1 is 1.26 bits per heavy atom. The summed E-state index contributed by atoms with van der Waals surface area (Å²) in [5.74, 6) is -0.832. The summed E-state index contributed by atoms with van der Waals surface area (Å²) in [6, 6.07) is 3.91. The lowest BCUT2D eigenvalue weighted by Crippen LogP contribution is -2.75. The van der Waals surface area contributed by atoms with Gasteiger partial charge in [0.2, 0.25) is 0 Å². The molecule has 0 aromatic heterocycles. The summed E-state index contributed by atoms with van der Waals surface area (Å²) < 4.78 is 18.7. The van der Waals surface area contributed by atoms with Gasteiger partial charge in [0, 0.05) is 18.0 Å². The van der Waals surface area contributed by atoms with Crippen molar-refractivity contribution < 1.29 is 28.9 Å². The molecule has 4 N–H and O–H groups in total. The molecule has 0 radical (unpaired) electrons. The smallest absolute Gasteiger partial charge is 0.405 e. The Morgan fingerprint density at radius 2 is 1.93 bits per heavy atom. The predicted molar refractivity (Wildman–Crippen MR) is 95.4 cm³/mol. The van der Waals surface area contributed by atoms with Crippen molar-refractivity contribution in [1.82, 2.24) is 10.6 Å². The summed E-state index contributed by atoms with van der Waals surface area (Å²) in [5.41, 5.74) is -2.80. The van der Waals surface area contributed by atoms with E-state index in [1.54, 1.807) is 6.92 Å². The van der Waals surface area contributed by atoms with Crippen molar-refractivity contribution in [3.05, 3.63) is 29.0 Å². The van der Waals surface area contributed by atoms with Gasteiger partial charge in [-0.1, -0.05) is 11.6 Å². The second-order valence-corrected chi connectivity index (χ2v) is 8.06. The summed E-state index contributed by atoms with van der Waals surface area (Å²) in [7, 11) is 0. The summed E-state index contributed by atoms with van der Waals surface area (Å²) in [4.78, 5) is 23.5. The van der Waals surface area contributed by atoms with E-state index in [1.807, 2.05) is 0 Å². The number of hydrogen-bond acceptors (Lipinski definition) is 4. The van der Waals surface area contributed by atoms with Crippen LogP contribution < -0.4 is 15.4 Å². The first-order valence-corrected chi connectivity index (χ1v) is 9.07. The third kappa shape index (κ3) is 3.82. The number of rotatable bonds is 5. The highest BCUT2D eigenvalue weighted by Gasteiger charge is 2.61. The van der Waals surface area contributed by atoms with Gasteiger partial charge >= 0.3 is 6.09 Å². The van der Waals surface area contributed by atoms with Crippen LogP contribution in [0.25, 0.3) is 0 Å². The van der Waals surface area contributed by atoms with Crippen LogP contribution in [-0.2, 0) is 4.79 Å². The van der Waals surface area contributed by atoms with Crippen molar-refractivity contribution >= 4 is 23.6 Å². The van der Waals surface area contributed by atoms with Crippen LogP contribution in [0.1, 0.15) is 39.0 Å². The highest BCUT2D eigenvalue weighted by atomic mass is 35.5. The number of halogens is 2. The maximum atomic E-state index is 13.4. The molecule has 3 aliphatic rings. The van der Waals surface area contributed by atoms with Crippen LogP contribution in [-0.4, -0.2) is 45.5 Å². The fourth-order valence-electron chi connectivity index (χ4n) is 4.38. The van der Waals surface area contributed by atoms with Crippen LogP contribution in [0.3, 0.4) is 0 Å². The van der Waals surface area contributed by atoms with E-state index in [-0.39, 0.29) is 29.7 Å². The average molecular weight is 401 g/mol. The first-order chi connectivity index (χ1) is 12.6. The minimum absolute atomic E-state index is 0.0317. The minimum Gasteiger partial charge on any atom is -0.484 e. The number of carboxylic acid groups (broad SMARTS) is 1. The lowest BCUT2D eigenvalue weighted by molar-refractivity contribution is -0.143. The second kappa shape index (κ2) is 6.83. The van der Waals surface area contributed by atoms with Crippen molar-refractivity contribution in [2.24, 2.45) is 0 Å². The molecule has 0 saturated heterocycles. The van der Waals surface area contributed by atoms with Crippen molar-refractivity contribution in [2.45, 2.75) is 55.7 Å². The molecule has 1 aromatic carbocycles. The molecule has 3 fully saturated rings. The molecule has 7 nitrogen and oxygen atoms in total. The van der Waals surface area contributed by atoms with Crippen LogP contribution in [0.15, 0.2) is 18.2 Å². The lowest BCUT2D eigenvalue weighted by Gasteiger charge is -2.60. The normalized spacial score (nSPS) is 32.0. The zero-order valence-corrected chi connectivity index (χ0v) is 15.6. The van der Waals surface area contributed by atoms with Gasteiger partial charge in [-0.3, -0.25) is 4.79 Å². The summed E-state index contributed by atoms with van der Waals surface area (Å²) in [6.07, 6.45) is 1.01. The first-order valence-electron chi connectivity index (χ1n) is 8.69. The molecule has 148 valence electrons. The zero-order chi connectivity index (χ0) is 19.9. The monoisotopic (exact) mass is 400 g/mol. The van der Waals surface area contributed by atoms with Crippen molar-refractivity contribution in [3.8, 4) is 5.75 Å². The number of amides is 2. The van der Waals surface area contributed by atoms with E-state index >= 15 is 0 Å². The Morgan fingerprint density at radius 3 is 2.48 bits per heavy atom. The van der Waals surface area contributed by atoms with Gasteiger partial charge in [-0.2, -0.15) is 0 Å². The van der Waals surface area contributed by atoms with Crippen LogP contribution >= 0.6 is 11.6 Å². The van der Waals surface area contributed by atoms with Crippen molar-refractivity contribution in [2.75, 3.05) is 6.61 Å². The lowest BCUT2D eigenvalue weighted by atomic mass is 9.54. The molecule has 1 unspecified atom stereocenters. The molecule has 2 bridgehead atoms. The van der Waals surface area contributed by atoms with Gasteiger partial charge in [0.25, 0.3) is 5.91 Å². The van der Waals surface area contributed by atoms with Gasteiger partial charge in [0.05, 0.1) is 16.2 Å². The Labute approximate surface area is 160 Å². The van der Waals surface area contributed by atoms with Crippen LogP contribution in [0.4, 0.5) is 9.18 Å². The largest absolute Gasteiger partial charge is 0.484 e. The van der Waals surface area contributed by atoms with Crippen LogP contribution in [0.2, 0.25) is 5.02 Å². The second-order valence-electron chi connectivity index (χ2n) is 7.66. The number of hydrogen-bond donors (Lipinski definition) is 4. The molecule has 3 saturated carbocycles. The van der Waals surface area contributed by atoms with Crippen molar-refractivity contribution in [3.63, 3.8) is 0 Å². The molecule has 1 aromatic rings. The number of benzene rings is 1. The van der Waals surface area contributed by atoms with E-state index in [1.165, 1.54) is 12.1 Å². The minimum atomic E-state index is -1.28. The van der Waals surface area contributed by atoms with Crippen LogP contribution in [0.5, 0.6) is 5.75 Å². The molecule has 27 heavy (non-hydrogen) atoms. The molecular formula is C18H22ClFN2O5. The highest BCUT2D eigenvalue weighted by Crippen LogP contribution is 2.52. The highest BCUT2D eigenvalue weighted by molar-refractivity contribution is 6.30. The Hall–Kier alpha value is -2.06. The zero-order valence-electron chi connectivity index (χ0n) is 14.8. The third-order valence-corrected chi connectivity index (χ3v) is 6.09. The van der Waals surface area contributed by atoms with E-state index in [0.29, 0.717) is 25.7 Å². The Kier molecular flexibility index (Phi) is 4.98. The Bertz CT molecular complexity index is 762. The fraction of sp³-hybridized carbons (Fsp3) is 0.556. The molecule has 4 rings (SSSR count). The molecular weight excluding hydrogens is 379 g/mol. The maximum absolute atomic E-state index is 13.4. The SMILES string of the molecule is CC1(O)CC2(NC(=O)COc3ccc(Cl)c(F)c3)CCC1(NC(=O)O)CC2. The number of carbonyl (C=O) groups is 2. The number of fused-ring (bicyclic) bond motifs is 3. The third-order valence-electron chi connectivity index (χ3n) is 5.79. The standard InChI is InChI=1S/C18H22ClFN2O5/c1-16(26)10-17(4-6-18(16,7-5-17)22-15(24)25)21-14(23)9-27-11-2-3-12(19)13(20)8-11/h2-3,8,22,26H,4-7,9-10H2,1H3,(H,21,23)(H,24,25). The first kappa shape index (κ1) is 19.7. The van der Waals surface area contributed by atoms with Gasteiger partial charge in [0.1, 0.15) is 11.6 Å². The van der Waals surface area contributed by atoms with Gasteiger partial charge in [-0.15, -0.1) is 0 Å². The molecule has 0 heterocycles. The number of nitrogens with one attached hydrogen (secondary N) is 2. The van der Waals surface area contributed by atoms with Gasteiger partial charge in [0.15, 0.2) is 6.61 Å². The number of carbonyl (C=O) groups excluding carboxylic acids is 1.